The van der Waals surface area contributed by atoms with Gasteiger partial charge in [-0.3, -0.25) is 15.1 Å². The quantitative estimate of drug-likeness (QED) is 0.731. The van der Waals surface area contributed by atoms with Crippen LogP contribution in [0.4, 0.5) is 0 Å². The van der Waals surface area contributed by atoms with E-state index in [2.05, 4.69) is 15.4 Å². The summed E-state index contributed by atoms with van der Waals surface area (Å²) in [5.74, 6) is -0.402. The van der Waals surface area contributed by atoms with Crippen LogP contribution in [0.25, 0.3) is 0 Å². The van der Waals surface area contributed by atoms with Gasteiger partial charge in [-0.15, -0.1) is 5.10 Å². The largest absolute Gasteiger partial charge is 0.381 e. The van der Waals surface area contributed by atoms with Gasteiger partial charge in [0.25, 0.3) is 5.91 Å². The molecule has 8 nitrogen and oxygen atoms in total. The molecule has 1 heterocycles. The molecule has 9 heteroatoms. The predicted octanol–water partition coefficient (Wildman–Crippen LogP) is 2.22. The van der Waals surface area contributed by atoms with Gasteiger partial charge in [0.2, 0.25) is 5.96 Å². The molecule has 0 atom stereocenters. The molecule has 2 aliphatic rings. The summed E-state index contributed by atoms with van der Waals surface area (Å²) in [5, 5.41) is 8.40. The lowest BCUT2D eigenvalue weighted by atomic mass is 9.97. The normalized spacial score (nSPS) is 25.6. The highest BCUT2D eigenvalue weighted by molar-refractivity contribution is 8.16. The Bertz CT molecular complexity index is 725. The first-order valence-corrected chi connectivity index (χ1v) is 12.2. The van der Waals surface area contributed by atoms with Gasteiger partial charge >= 0.3 is 0 Å². The molecule has 1 aliphatic carbocycles. The van der Waals surface area contributed by atoms with E-state index in [1.54, 1.807) is 13.3 Å². The van der Waals surface area contributed by atoms with Gasteiger partial charge in [-0.2, -0.15) is 9.35 Å². The topological polar surface area (TPSA) is 104 Å². The van der Waals surface area contributed by atoms with Crippen molar-refractivity contribution in [3.63, 3.8) is 0 Å². The molecule has 0 unspecified atom stereocenters. The van der Waals surface area contributed by atoms with Crippen LogP contribution in [-0.4, -0.2) is 73.4 Å². The second kappa shape index (κ2) is 7.50. The summed E-state index contributed by atoms with van der Waals surface area (Å²) in [6.07, 6.45) is 5.70. The van der Waals surface area contributed by atoms with Crippen molar-refractivity contribution in [2.45, 2.75) is 81.9 Å². The molecular formula is C19H36N4O4S. The predicted molar refractivity (Wildman–Crippen MR) is 114 cm³/mol. The van der Waals surface area contributed by atoms with Crippen LogP contribution in [0.5, 0.6) is 0 Å². The van der Waals surface area contributed by atoms with Crippen LogP contribution in [0.3, 0.4) is 0 Å². The van der Waals surface area contributed by atoms with Crippen LogP contribution in [0.1, 0.15) is 60.3 Å². The number of nitrogens with one attached hydrogen (secondary N) is 1. The Morgan fingerprint density at radius 3 is 2.32 bits per heavy atom. The smallest absolute Gasteiger partial charge is 0.251 e. The molecule has 0 saturated heterocycles. The average Bonchev–Trinajstić information content (AvgIpc) is 2.60. The van der Waals surface area contributed by atoms with E-state index in [4.69, 9.17) is 4.74 Å². The van der Waals surface area contributed by atoms with Gasteiger partial charge in [-0.25, -0.2) is 9.20 Å². The van der Waals surface area contributed by atoms with Crippen molar-refractivity contribution in [1.82, 2.24) is 10.3 Å². The lowest BCUT2D eigenvalue weighted by Gasteiger charge is -2.56. The zero-order chi connectivity index (χ0) is 21.4. The molecule has 2 N–H and O–H groups in total. The number of carbonyl (C=O) groups excluding carboxylic acids is 1. The highest BCUT2D eigenvalue weighted by atomic mass is 32.3. The summed E-state index contributed by atoms with van der Waals surface area (Å²) in [4.78, 5) is 17.2. The number of methoxy groups -OCH3 is 1. The number of amides is 1. The molecule has 1 amide bonds. The molecule has 0 aromatic carbocycles. The highest BCUT2D eigenvalue weighted by Crippen LogP contribution is 2.44. The van der Waals surface area contributed by atoms with Crippen LogP contribution in [0, 0.1) is 0 Å². The molecule has 0 radical (unpaired) electrons. The molecule has 1 fully saturated rings. The first-order valence-electron chi connectivity index (χ1n) is 9.78. The molecular weight excluding hydrogens is 380 g/mol. The van der Waals surface area contributed by atoms with Gasteiger partial charge in [0.15, 0.2) is 0 Å². The Hall–Kier alpha value is -1.32. The molecule has 162 valence electrons. The number of aliphatic imine (C=N–C) groups is 1. The zero-order valence-electron chi connectivity index (χ0n) is 18.2. The molecule has 0 aromatic heterocycles. The molecule has 0 bridgehead atoms. The molecule has 28 heavy (non-hydrogen) atoms. The summed E-state index contributed by atoms with van der Waals surface area (Å²) in [6.45, 7) is 9.65. The van der Waals surface area contributed by atoms with Crippen molar-refractivity contribution in [2.75, 3.05) is 19.9 Å². The summed E-state index contributed by atoms with van der Waals surface area (Å²) in [5.41, 5.74) is -0.226. The number of carbonyl (C=O) groups is 1. The van der Waals surface area contributed by atoms with Crippen LogP contribution in [0.2, 0.25) is 0 Å². The number of nitrogens with zero attached hydrogens (tertiary/aromatic N) is 3. The Kier molecular flexibility index (Phi) is 6.15. The van der Waals surface area contributed by atoms with E-state index in [0.717, 1.165) is 12.8 Å². The minimum atomic E-state index is -4.31. The van der Waals surface area contributed by atoms with Crippen molar-refractivity contribution in [1.29, 1.82) is 0 Å². The number of hydrogen-bond acceptors (Lipinski definition) is 6. The van der Waals surface area contributed by atoms with Crippen LogP contribution < -0.4 is 5.32 Å². The van der Waals surface area contributed by atoms with Gasteiger partial charge in [-0.05, 0) is 60.3 Å². The summed E-state index contributed by atoms with van der Waals surface area (Å²) in [6, 6.07) is 0. The fourth-order valence-corrected chi connectivity index (χ4v) is 6.30. The van der Waals surface area contributed by atoms with E-state index in [9.17, 15) is 13.6 Å². The summed E-state index contributed by atoms with van der Waals surface area (Å²) < 4.78 is 29.0. The van der Waals surface area contributed by atoms with E-state index < -0.39 is 25.3 Å². The standard InChI is InChI=1S/C19H36N4O4S/c1-18(2,3)23-13-12-20-17(22-23)21-16(24)19(4,5)28(7,25,26)15-10-8-14(27-6)9-11-15/h12,14-15H,8-11,13H2,1-7H3,(H,25,26)(H,21,22,24). The van der Waals surface area contributed by atoms with E-state index in [0.29, 0.717) is 19.4 Å². The fraction of sp³-hybridized carbons (Fsp3) is 0.842. The SMILES string of the molecule is COC1CCC(S(C)(=O)(O)C(C)(C)C(=O)NC2=NN(C(C)(C)C)CC=N2)CC1. The third-order valence-electron chi connectivity index (χ3n) is 6.21. The second-order valence-electron chi connectivity index (χ2n) is 9.44. The average molecular weight is 417 g/mol. The maximum Gasteiger partial charge on any atom is 0.251 e. The van der Waals surface area contributed by atoms with Gasteiger partial charge in [0.1, 0.15) is 4.75 Å². The van der Waals surface area contributed by atoms with E-state index >= 15 is 0 Å². The van der Waals surface area contributed by atoms with Crippen molar-refractivity contribution in [2.24, 2.45) is 10.1 Å². The Balaban J connectivity index is 2.20. The van der Waals surface area contributed by atoms with Gasteiger partial charge in [0.05, 0.1) is 18.2 Å². The monoisotopic (exact) mass is 416 g/mol. The molecule has 0 spiro atoms. The molecule has 2 rings (SSSR count). The maximum atomic E-state index is 13.8. The van der Waals surface area contributed by atoms with Crippen molar-refractivity contribution >= 4 is 27.4 Å². The zero-order valence-corrected chi connectivity index (χ0v) is 19.0. The number of guanidine groups is 1. The Labute approximate surface area is 168 Å². The van der Waals surface area contributed by atoms with Crippen LogP contribution >= 0.6 is 0 Å². The number of rotatable bonds is 4. The Morgan fingerprint density at radius 1 is 1.25 bits per heavy atom. The lowest BCUT2D eigenvalue weighted by molar-refractivity contribution is -0.121. The van der Waals surface area contributed by atoms with Crippen molar-refractivity contribution in [3.05, 3.63) is 0 Å². The first-order chi connectivity index (χ1) is 12.7. The van der Waals surface area contributed by atoms with E-state index in [-0.39, 0.29) is 17.6 Å². The number of hydrazone groups is 1. The summed E-state index contributed by atoms with van der Waals surface area (Å²) >= 11 is 0. The minimum absolute atomic E-state index is 0.116. The first kappa shape index (κ1) is 23.0. The third-order valence-corrected chi connectivity index (χ3v) is 10.9. The highest BCUT2D eigenvalue weighted by Gasteiger charge is 2.52. The number of hydrogen-bond donors (Lipinski definition) is 2. The van der Waals surface area contributed by atoms with E-state index in [1.165, 1.54) is 20.1 Å². The van der Waals surface area contributed by atoms with E-state index in [1.807, 2.05) is 25.8 Å². The third kappa shape index (κ3) is 4.31. The van der Waals surface area contributed by atoms with Gasteiger partial charge < -0.3 is 9.29 Å². The van der Waals surface area contributed by atoms with Crippen molar-refractivity contribution in [3.8, 4) is 0 Å². The molecule has 1 aliphatic heterocycles. The van der Waals surface area contributed by atoms with Crippen LogP contribution in [0.15, 0.2) is 10.1 Å². The fourth-order valence-electron chi connectivity index (χ4n) is 3.58. The maximum absolute atomic E-state index is 13.8. The van der Waals surface area contributed by atoms with Gasteiger partial charge in [-0.1, -0.05) is 0 Å². The minimum Gasteiger partial charge on any atom is -0.381 e. The second-order valence-corrected chi connectivity index (χ2v) is 13.8. The summed E-state index contributed by atoms with van der Waals surface area (Å²) in [7, 11) is -2.65. The van der Waals surface area contributed by atoms with Gasteiger partial charge in [0, 0.05) is 24.8 Å². The number of ether oxygens (including phenoxy) is 1. The molecule has 1 saturated carbocycles. The lowest BCUT2D eigenvalue weighted by Crippen LogP contribution is -2.65. The Morgan fingerprint density at radius 2 is 1.82 bits per heavy atom. The van der Waals surface area contributed by atoms with Crippen LogP contribution in [-0.2, 0) is 18.9 Å². The molecule has 0 aromatic rings. The van der Waals surface area contributed by atoms with Crippen molar-refractivity contribution < 1.29 is 18.3 Å².